The molecule has 0 spiro atoms. The van der Waals surface area contributed by atoms with E-state index in [1.807, 2.05) is 0 Å². The lowest BCUT2D eigenvalue weighted by molar-refractivity contribution is -0.142. The fraction of sp³-hybridized carbons (Fsp3) is 0.600. The number of carbonyl (C=O) groups is 2. The third kappa shape index (κ3) is 2.56. The van der Waals surface area contributed by atoms with Crippen LogP contribution < -0.4 is 0 Å². The minimum Gasteiger partial charge on any atom is -0.279 e. The summed E-state index contributed by atoms with van der Waals surface area (Å²) in [5, 5.41) is 0. The molecule has 9 heteroatoms. The third-order valence-electron chi connectivity index (χ3n) is 5.18. The number of hydrogen-bond acceptors (Lipinski definition) is 5. The molecule has 0 N–H and O–H groups in total. The number of imide groups is 1. The van der Waals surface area contributed by atoms with Crippen LogP contribution in [0.5, 0.6) is 0 Å². The van der Waals surface area contributed by atoms with E-state index in [1.165, 1.54) is 16.2 Å². The first-order valence-electron chi connectivity index (χ1n) is 8.01. The number of rotatable bonds is 3. The number of amides is 2. The van der Waals surface area contributed by atoms with E-state index < -0.39 is 10.0 Å². The van der Waals surface area contributed by atoms with Crippen molar-refractivity contribution in [1.82, 2.24) is 9.21 Å². The van der Waals surface area contributed by atoms with Crippen molar-refractivity contribution in [2.24, 2.45) is 0 Å². The summed E-state index contributed by atoms with van der Waals surface area (Å²) in [6, 6.07) is 2.98. The molecule has 130 valence electrons. The van der Waals surface area contributed by atoms with Crippen LogP contribution in [0.15, 0.2) is 20.1 Å². The Kier molecular flexibility index (Phi) is 4.10. The van der Waals surface area contributed by atoms with E-state index in [1.54, 1.807) is 16.4 Å². The van der Waals surface area contributed by atoms with E-state index in [4.69, 9.17) is 0 Å². The number of hydrogen-bond donors (Lipinski definition) is 0. The number of carbonyl (C=O) groups excluding carboxylic acids is 2. The van der Waals surface area contributed by atoms with Crippen LogP contribution in [0.4, 0.5) is 0 Å². The second kappa shape index (κ2) is 5.89. The first-order chi connectivity index (χ1) is 11.4. The fourth-order valence-electron chi connectivity index (χ4n) is 4.25. The maximum absolute atomic E-state index is 13.0. The van der Waals surface area contributed by atoms with Crippen molar-refractivity contribution in [3.05, 3.63) is 15.9 Å². The summed E-state index contributed by atoms with van der Waals surface area (Å²) in [5.74, 6) is -0.217. The molecule has 3 fully saturated rings. The number of thiophene rings is 1. The first-order valence-corrected chi connectivity index (χ1v) is 11.1. The SMILES string of the molecule is O=C1CCC(=O)N1C1CC2CCC(C1)N2S(=O)(=O)c1ccc(Br)s1. The van der Waals surface area contributed by atoms with E-state index >= 15 is 0 Å². The van der Waals surface area contributed by atoms with E-state index in [2.05, 4.69) is 15.9 Å². The molecule has 0 aromatic carbocycles. The molecule has 1 aromatic rings. The zero-order valence-electron chi connectivity index (χ0n) is 12.9. The molecule has 2 bridgehead atoms. The predicted molar refractivity (Wildman–Crippen MR) is 92.0 cm³/mol. The average molecular weight is 433 g/mol. The molecule has 6 nitrogen and oxygen atoms in total. The molecule has 24 heavy (non-hydrogen) atoms. The molecule has 3 aliphatic heterocycles. The Morgan fingerprint density at radius 3 is 2.08 bits per heavy atom. The summed E-state index contributed by atoms with van der Waals surface area (Å²) in [6.45, 7) is 0. The summed E-state index contributed by atoms with van der Waals surface area (Å²) < 4.78 is 28.7. The number of piperidine rings is 1. The van der Waals surface area contributed by atoms with Crippen LogP contribution in [0, 0.1) is 0 Å². The molecule has 2 atom stereocenters. The topological polar surface area (TPSA) is 74.8 Å². The maximum atomic E-state index is 13.0. The standard InChI is InChI=1S/C15H17BrN2O4S2/c16-12-3-6-15(23-12)24(21,22)18-9-1-2-10(18)8-11(7-9)17-13(19)4-5-14(17)20/h3,6,9-11H,1-2,4-5,7-8H2. The predicted octanol–water partition coefficient (Wildman–Crippen LogP) is 2.34. The quantitative estimate of drug-likeness (QED) is 0.686. The van der Waals surface area contributed by atoms with Crippen molar-refractivity contribution in [3.63, 3.8) is 0 Å². The Morgan fingerprint density at radius 2 is 1.58 bits per heavy atom. The zero-order valence-corrected chi connectivity index (χ0v) is 16.1. The van der Waals surface area contributed by atoms with E-state index in [0.717, 1.165) is 16.6 Å². The zero-order chi connectivity index (χ0) is 17.1. The highest BCUT2D eigenvalue weighted by molar-refractivity contribution is 9.11. The molecule has 4 heterocycles. The highest BCUT2D eigenvalue weighted by Gasteiger charge is 2.50. The van der Waals surface area contributed by atoms with Crippen molar-refractivity contribution in [1.29, 1.82) is 0 Å². The minimum atomic E-state index is -3.52. The molecule has 0 saturated carbocycles. The first kappa shape index (κ1) is 16.7. The van der Waals surface area contributed by atoms with Gasteiger partial charge in [-0.3, -0.25) is 14.5 Å². The van der Waals surface area contributed by atoms with Gasteiger partial charge in [0.05, 0.1) is 3.79 Å². The monoisotopic (exact) mass is 432 g/mol. The van der Waals surface area contributed by atoms with Crippen LogP contribution in [0.2, 0.25) is 0 Å². The Bertz CT molecular complexity index is 776. The molecule has 0 aliphatic carbocycles. The van der Waals surface area contributed by atoms with Gasteiger partial charge in [-0.05, 0) is 53.7 Å². The molecule has 4 rings (SSSR count). The Balaban J connectivity index is 1.59. The van der Waals surface area contributed by atoms with Crippen LogP contribution in [-0.2, 0) is 19.6 Å². The van der Waals surface area contributed by atoms with Gasteiger partial charge in [-0.25, -0.2) is 8.42 Å². The van der Waals surface area contributed by atoms with Crippen LogP contribution in [0.1, 0.15) is 38.5 Å². The van der Waals surface area contributed by atoms with Crippen molar-refractivity contribution in [2.45, 2.75) is 60.9 Å². The van der Waals surface area contributed by atoms with E-state index in [9.17, 15) is 18.0 Å². The highest BCUT2D eigenvalue weighted by Crippen LogP contribution is 2.43. The van der Waals surface area contributed by atoms with Gasteiger partial charge in [0.2, 0.25) is 11.8 Å². The van der Waals surface area contributed by atoms with Gasteiger partial charge < -0.3 is 0 Å². The second-order valence-electron chi connectivity index (χ2n) is 6.56. The second-order valence-corrected chi connectivity index (χ2v) is 11.1. The number of sulfonamides is 1. The van der Waals surface area contributed by atoms with Gasteiger partial charge >= 0.3 is 0 Å². The molecule has 3 saturated heterocycles. The minimum absolute atomic E-state index is 0.108. The highest BCUT2D eigenvalue weighted by atomic mass is 79.9. The molecular weight excluding hydrogens is 416 g/mol. The molecule has 1 aromatic heterocycles. The van der Waals surface area contributed by atoms with Crippen LogP contribution in [-0.4, -0.2) is 47.6 Å². The summed E-state index contributed by atoms with van der Waals surface area (Å²) in [4.78, 5) is 25.4. The van der Waals surface area contributed by atoms with Gasteiger partial charge in [-0.1, -0.05) is 0 Å². The van der Waals surface area contributed by atoms with Gasteiger partial charge in [-0.15, -0.1) is 11.3 Å². The van der Waals surface area contributed by atoms with Crippen molar-refractivity contribution < 1.29 is 18.0 Å². The molecule has 2 amide bonds. The summed E-state index contributed by atoms with van der Waals surface area (Å²) in [5.41, 5.74) is 0. The van der Waals surface area contributed by atoms with Crippen molar-refractivity contribution in [2.75, 3.05) is 0 Å². The molecule has 2 unspecified atom stereocenters. The van der Waals surface area contributed by atoms with Crippen molar-refractivity contribution in [3.8, 4) is 0 Å². The third-order valence-corrected chi connectivity index (χ3v) is 9.27. The van der Waals surface area contributed by atoms with E-state index in [-0.39, 0.29) is 42.8 Å². The number of nitrogens with zero attached hydrogens (tertiary/aromatic N) is 2. The molecule has 3 aliphatic rings. The lowest BCUT2D eigenvalue weighted by Gasteiger charge is -2.40. The lowest BCUT2D eigenvalue weighted by Crippen LogP contribution is -2.53. The largest absolute Gasteiger partial charge is 0.279 e. The average Bonchev–Trinajstić information content (AvgIpc) is 3.17. The molecular formula is C15H17BrN2O4S2. The van der Waals surface area contributed by atoms with Crippen LogP contribution >= 0.6 is 27.3 Å². The van der Waals surface area contributed by atoms with Gasteiger partial charge in [0.1, 0.15) is 4.21 Å². The Labute approximate surface area is 153 Å². The van der Waals surface area contributed by atoms with Crippen LogP contribution in [0.3, 0.4) is 0 Å². The Morgan fingerprint density at radius 1 is 1.00 bits per heavy atom. The maximum Gasteiger partial charge on any atom is 0.253 e. The Hall–Kier alpha value is -0.770. The summed E-state index contributed by atoms with van der Waals surface area (Å²) >= 11 is 4.53. The number of fused-ring (bicyclic) bond motifs is 2. The van der Waals surface area contributed by atoms with Gasteiger partial charge in [0, 0.05) is 31.0 Å². The van der Waals surface area contributed by atoms with Crippen LogP contribution in [0.25, 0.3) is 0 Å². The van der Waals surface area contributed by atoms with Gasteiger partial charge in [0.25, 0.3) is 10.0 Å². The van der Waals surface area contributed by atoms with Gasteiger partial charge in [0.15, 0.2) is 0 Å². The summed E-state index contributed by atoms with van der Waals surface area (Å²) in [6.07, 6.45) is 3.28. The fourth-order valence-corrected chi connectivity index (χ4v) is 8.26. The van der Waals surface area contributed by atoms with Crippen molar-refractivity contribution >= 4 is 49.1 Å². The van der Waals surface area contributed by atoms with Gasteiger partial charge in [-0.2, -0.15) is 4.31 Å². The van der Waals surface area contributed by atoms with E-state index in [0.29, 0.717) is 17.1 Å². The lowest BCUT2D eigenvalue weighted by atomic mass is 9.98. The number of halogens is 1. The summed E-state index contributed by atoms with van der Waals surface area (Å²) in [7, 11) is -3.52. The smallest absolute Gasteiger partial charge is 0.253 e. The molecule has 0 radical (unpaired) electrons. The number of likely N-dealkylation sites (tertiary alicyclic amines) is 1. The normalized spacial score (nSPS) is 31.2.